The fourth-order valence-electron chi connectivity index (χ4n) is 5.94. The number of allylic oxidation sites excluding steroid dienone is 4. The Bertz CT molecular complexity index is 1550. The van der Waals surface area contributed by atoms with Crippen molar-refractivity contribution in [3.8, 4) is 17.2 Å². The number of hydrogen-bond donors (Lipinski definition) is 1. The summed E-state index contributed by atoms with van der Waals surface area (Å²) in [5.41, 5.74) is 1.95. The number of aliphatic carboxylic acids is 1. The van der Waals surface area contributed by atoms with Gasteiger partial charge in [-0.15, -0.1) is 0 Å². The summed E-state index contributed by atoms with van der Waals surface area (Å²) >= 11 is 0. The van der Waals surface area contributed by atoms with E-state index in [9.17, 15) is 39.7 Å². The number of rotatable bonds is 9. The van der Waals surface area contributed by atoms with E-state index in [0.717, 1.165) is 29.6 Å². The third-order valence-corrected chi connectivity index (χ3v) is 7.73. The number of hydrogen-bond acceptors (Lipinski definition) is 10. The molecule has 5 rings (SSSR count). The summed E-state index contributed by atoms with van der Waals surface area (Å²) in [5.74, 6) is -1.84. The van der Waals surface area contributed by atoms with E-state index < -0.39 is 33.1 Å². The molecule has 0 aromatic heterocycles. The van der Waals surface area contributed by atoms with E-state index in [4.69, 9.17) is 9.47 Å². The molecule has 42 heavy (non-hydrogen) atoms. The first kappa shape index (κ1) is 28.5. The van der Waals surface area contributed by atoms with Crippen LogP contribution in [-0.4, -0.2) is 51.0 Å². The van der Waals surface area contributed by atoms with E-state index in [2.05, 4.69) is 0 Å². The molecule has 13 heteroatoms. The predicted molar refractivity (Wildman–Crippen MR) is 146 cm³/mol. The molecule has 0 spiro atoms. The number of methoxy groups -OCH3 is 1. The molecular weight excluding hydrogens is 550 g/mol. The molecule has 13 nitrogen and oxygen atoms in total. The summed E-state index contributed by atoms with van der Waals surface area (Å²) in [5, 5.41) is 32.1. The number of carbonyl (C=O) groups excluding carboxylic acids is 2. The average molecular weight is 578 g/mol. The van der Waals surface area contributed by atoms with Crippen LogP contribution in [0.25, 0.3) is 0 Å². The summed E-state index contributed by atoms with van der Waals surface area (Å²) in [6, 6.07) is 7.81. The van der Waals surface area contributed by atoms with Crippen LogP contribution in [0.5, 0.6) is 17.2 Å². The van der Waals surface area contributed by atoms with Crippen LogP contribution < -0.4 is 9.47 Å². The van der Waals surface area contributed by atoms with Gasteiger partial charge in [0.05, 0.1) is 29.4 Å². The molecule has 2 aromatic rings. The maximum absolute atomic E-state index is 13.4. The van der Waals surface area contributed by atoms with Crippen molar-refractivity contribution in [3.63, 3.8) is 0 Å². The number of non-ortho nitro benzene ring substituents is 1. The Morgan fingerprint density at radius 3 is 2.07 bits per heavy atom. The zero-order valence-electron chi connectivity index (χ0n) is 22.7. The van der Waals surface area contributed by atoms with Gasteiger partial charge in [-0.1, -0.05) is 6.07 Å². The van der Waals surface area contributed by atoms with E-state index in [1.807, 2.05) is 4.90 Å². The smallest absolute Gasteiger partial charge is 0.318 e. The highest BCUT2D eigenvalue weighted by Gasteiger charge is 2.43. The maximum atomic E-state index is 13.4. The van der Waals surface area contributed by atoms with E-state index in [0.29, 0.717) is 55.2 Å². The van der Waals surface area contributed by atoms with Crippen LogP contribution in [0, 0.1) is 20.2 Å². The first-order valence-corrected chi connectivity index (χ1v) is 13.4. The Labute approximate surface area is 239 Å². The number of ketones is 2. The van der Waals surface area contributed by atoms with Crippen LogP contribution in [-0.2, 0) is 14.4 Å². The summed E-state index contributed by atoms with van der Waals surface area (Å²) in [4.78, 5) is 61.3. The highest BCUT2D eigenvalue weighted by atomic mass is 16.6. The van der Waals surface area contributed by atoms with Crippen molar-refractivity contribution >= 4 is 28.9 Å². The molecule has 0 bridgehead atoms. The molecule has 0 unspecified atom stereocenters. The molecule has 0 atom stereocenters. The van der Waals surface area contributed by atoms with Gasteiger partial charge in [-0.25, -0.2) is 0 Å². The second-order valence-corrected chi connectivity index (χ2v) is 10.2. The topological polar surface area (TPSA) is 179 Å². The van der Waals surface area contributed by atoms with Crippen LogP contribution in [0.4, 0.5) is 11.4 Å². The number of benzene rings is 2. The number of nitro benzene ring substituents is 2. The van der Waals surface area contributed by atoms with Gasteiger partial charge in [0, 0.05) is 53.9 Å². The standard InChI is InChI=1S/C29H27N3O10/c1-41-25-14-16(8-10-24(25)42-23-11-9-17(31(37)38)15-20(23)32(39)40)27-28-18(4-2-6-21(28)33)30(13-12-26(35)36)19-5-3-7-22(34)29(19)27/h8-11,14-15,27H,2-7,12-13H2,1H3,(H,35,36). The normalized spacial score (nSPS) is 17.1. The molecule has 218 valence electrons. The van der Waals surface area contributed by atoms with E-state index >= 15 is 0 Å². The molecule has 2 aliphatic carbocycles. The SMILES string of the molecule is COc1cc(C2C3=C(CCCC3=O)N(CCC(=O)O)C3=C2C(=O)CCC3)ccc1Oc1ccc([N+](=O)[O-])cc1[N+](=O)[O-]. The van der Waals surface area contributed by atoms with Gasteiger partial charge in [0.1, 0.15) is 0 Å². The molecular formula is C29H27N3O10. The minimum absolute atomic E-state index is 0.0884. The molecule has 0 fully saturated rings. The average Bonchev–Trinajstić information content (AvgIpc) is 2.96. The van der Waals surface area contributed by atoms with Crippen LogP contribution in [0.15, 0.2) is 58.9 Å². The van der Waals surface area contributed by atoms with Crippen molar-refractivity contribution in [2.45, 2.75) is 50.9 Å². The van der Waals surface area contributed by atoms with Crippen molar-refractivity contribution in [2.24, 2.45) is 0 Å². The Morgan fingerprint density at radius 2 is 1.52 bits per heavy atom. The number of carboxylic acid groups (broad SMARTS) is 1. The highest BCUT2D eigenvalue weighted by molar-refractivity contribution is 6.06. The zero-order chi connectivity index (χ0) is 30.1. The Kier molecular flexibility index (Phi) is 7.74. The Balaban J connectivity index is 1.60. The lowest BCUT2D eigenvalue weighted by Crippen LogP contribution is -2.39. The molecule has 2 aromatic carbocycles. The van der Waals surface area contributed by atoms with Crippen molar-refractivity contribution in [1.82, 2.24) is 4.90 Å². The monoisotopic (exact) mass is 577 g/mol. The molecule has 3 aliphatic rings. The van der Waals surface area contributed by atoms with Crippen molar-refractivity contribution in [3.05, 3.63) is 84.7 Å². The lowest BCUT2D eigenvalue weighted by molar-refractivity contribution is -0.394. The largest absolute Gasteiger partial charge is 0.493 e. The Hall–Kier alpha value is -5.07. The highest BCUT2D eigenvalue weighted by Crippen LogP contribution is 2.50. The van der Waals surface area contributed by atoms with Gasteiger partial charge in [0.15, 0.2) is 23.1 Å². The first-order valence-electron chi connectivity index (χ1n) is 13.4. The van der Waals surface area contributed by atoms with Crippen LogP contribution >= 0.6 is 0 Å². The molecule has 0 saturated carbocycles. The van der Waals surface area contributed by atoms with Gasteiger partial charge in [-0.2, -0.15) is 0 Å². The zero-order valence-corrected chi connectivity index (χ0v) is 22.7. The van der Waals surface area contributed by atoms with Gasteiger partial charge in [-0.3, -0.25) is 34.6 Å². The van der Waals surface area contributed by atoms with Gasteiger partial charge in [0.2, 0.25) is 5.75 Å². The van der Waals surface area contributed by atoms with Gasteiger partial charge >= 0.3 is 11.7 Å². The second-order valence-electron chi connectivity index (χ2n) is 10.2. The minimum Gasteiger partial charge on any atom is -0.493 e. The molecule has 1 heterocycles. The summed E-state index contributed by atoms with van der Waals surface area (Å²) in [6.07, 6.45) is 2.86. The minimum atomic E-state index is -0.973. The fourth-order valence-corrected chi connectivity index (χ4v) is 5.94. The second kappa shape index (κ2) is 11.4. The number of carboxylic acids is 1. The van der Waals surface area contributed by atoms with Crippen LogP contribution in [0.2, 0.25) is 0 Å². The summed E-state index contributed by atoms with van der Waals surface area (Å²) < 4.78 is 11.3. The van der Waals surface area contributed by atoms with E-state index in [1.165, 1.54) is 13.2 Å². The maximum Gasteiger partial charge on any atom is 0.318 e. The summed E-state index contributed by atoms with van der Waals surface area (Å²) in [6.45, 7) is 0.157. The Morgan fingerprint density at radius 1 is 0.905 bits per heavy atom. The first-order chi connectivity index (χ1) is 20.1. The number of carbonyl (C=O) groups is 3. The molecule has 0 amide bonds. The van der Waals surface area contributed by atoms with E-state index in [-0.39, 0.29) is 41.8 Å². The number of ether oxygens (including phenoxy) is 2. The molecule has 1 N–H and O–H groups in total. The number of nitrogens with zero attached hydrogens (tertiary/aromatic N) is 3. The molecule has 0 radical (unpaired) electrons. The number of nitro groups is 2. The lowest BCUT2D eigenvalue weighted by Gasteiger charge is -2.44. The van der Waals surface area contributed by atoms with Gasteiger partial charge < -0.3 is 19.5 Å². The van der Waals surface area contributed by atoms with Crippen LogP contribution in [0.3, 0.4) is 0 Å². The summed E-state index contributed by atoms with van der Waals surface area (Å²) in [7, 11) is 1.37. The number of Topliss-reactive ketones (excluding diaryl/α,β-unsaturated/α-hetero) is 2. The predicted octanol–water partition coefficient (Wildman–Crippen LogP) is 5.19. The van der Waals surface area contributed by atoms with Crippen molar-refractivity contribution in [2.75, 3.05) is 13.7 Å². The third kappa shape index (κ3) is 5.20. The molecule has 1 aliphatic heterocycles. The van der Waals surface area contributed by atoms with Gasteiger partial charge in [-0.05, 0) is 49.4 Å². The van der Waals surface area contributed by atoms with Crippen molar-refractivity contribution < 1.29 is 38.8 Å². The quantitative estimate of drug-likeness (QED) is 0.306. The van der Waals surface area contributed by atoms with Crippen LogP contribution in [0.1, 0.15) is 56.4 Å². The molecule has 0 saturated heterocycles. The van der Waals surface area contributed by atoms with Gasteiger partial charge in [0.25, 0.3) is 5.69 Å². The fraction of sp³-hybridized carbons (Fsp3) is 0.345. The third-order valence-electron chi connectivity index (χ3n) is 7.73. The van der Waals surface area contributed by atoms with Crippen molar-refractivity contribution in [1.29, 1.82) is 0 Å². The lowest BCUT2D eigenvalue weighted by atomic mass is 9.71. The van der Waals surface area contributed by atoms with E-state index in [1.54, 1.807) is 12.1 Å².